The van der Waals surface area contributed by atoms with Crippen LogP contribution >= 0.6 is 11.6 Å². The third-order valence-corrected chi connectivity index (χ3v) is 5.25. The average Bonchev–Trinajstić information content (AvgIpc) is 2.71. The number of halogens is 1. The largest absolute Gasteiger partial charge is 0.497 e. The smallest absolute Gasteiger partial charge is 0.277 e. The quantitative estimate of drug-likeness (QED) is 0.659. The number of quaternary nitrogens is 1. The van der Waals surface area contributed by atoms with Gasteiger partial charge in [-0.2, -0.15) is 0 Å². The molecule has 4 nitrogen and oxygen atoms in total. The highest BCUT2D eigenvalue weighted by Crippen LogP contribution is 2.22. The van der Waals surface area contributed by atoms with Gasteiger partial charge in [0.2, 0.25) is 0 Å². The summed E-state index contributed by atoms with van der Waals surface area (Å²) in [5, 5.41) is 5.04. The lowest BCUT2D eigenvalue weighted by Crippen LogP contribution is -2.86. The summed E-state index contributed by atoms with van der Waals surface area (Å²) in [4.78, 5) is 14.3. The normalized spacial score (nSPS) is 12.0. The van der Waals surface area contributed by atoms with Gasteiger partial charge in [0, 0.05) is 24.2 Å². The van der Waals surface area contributed by atoms with Gasteiger partial charge in [-0.05, 0) is 53.6 Å². The minimum Gasteiger partial charge on any atom is -0.497 e. The number of hydrogen-bond acceptors (Lipinski definition) is 2. The van der Waals surface area contributed by atoms with E-state index in [1.807, 2.05) is 49.5 Å². The molecular weight excluding hydrogens is 372 g/mol. The van der Waals surface area contributed by atoms with Gasteiger partial charge in [0.05, 0.1) is 7.11 Å². The number of benzene rings is 3. The topological polar surface area (TPSA) is 46.1 Å². The third-order valence-electron chi connectivity index (χ3n) is 5.00. The van der Waals surface area contributed by atoms with E-state index in [2.05, 4.69) is 30.4 Å². The van der Waals surface area contributed by atoms with Crippen molar-refractivity contribution in [3.63, 3.8) is 0 Å². The van der Waals surface area contributed by atoms with E-state index in [0.29, 0.717) is 13.1 Å². The lowest BCUT2D eigenvalue weighted by molar-refractivity contribution is -0.683. The predicted molar refractivity (Wildman–Crippen MR) is 114 cm³/mol. The first-order chi connectivity index (χ1) is 13.5. The molecule has 0 aromatic heterocycles. The highest BCUT2D eigenvalue weighted by atomic mass is 35.5. The van der Waals surface area contributed by atoms with Gasteiger partial charge < -0.3 is 15.0 Å². The Bertz CT molecular complexity index is 956. The van der Waals surface area contributed by atoms with E-state index < -0.39 is 0 Å². The number of hydrogen-bond donors (Lipinski definition) is 1. The van der Waals surface area contributed by atoms with E-state index in [1.54, 1.807) is 12.0 Å². The molecule has 2 N–H and O–H groups in total. The van der Waals surface area contributed by atoms with Gasteiger partial charge in [-0.15, -0.1) is 0 Å². The van der Waals surface area contributed by atoms with Crippen LogP contribution in [0, 0.1) is 0 Å². The van der Waals surface area contributed by atoms with Gasteiger partial charge in [0.25, 0.3) is 5.91 Å². The Hall–Kier alpha value is -2.56. The minimum atomic E-state index is 0.107. The summed E-state index contributed by atoms with van der Waals surface area (Å²) < 4.78 is 5.27. The second-order valence-corrected chi connectivity index (χ2v) is 7.51. The Morgan fingerprint density at radius 3 is 2.46 bits per heavy atom. The SMILES string of the molecule is COc1ccc2cc(CN(C)C(=O)C[NH2+][C@H](C)c3ccc(Cl)cc3)ccc2c1. The van der Waals surface area contributed by atoms with Crippen molar-refractivity contribution in [1.82, 2.24) is 4.90 Å². The fourth-order valence-corrected chi connectivity index (χ4v) is 3.32. The number of rotatable bonds is 7. The Balaban J connectivity index is 1.57. The van der Waals surface area contributed by atoms with Crippen LogP contribution in [0.25, 0.3) is 10.8 Å². The molecule has 5 heteroatoms. The van der Waals surface area contributed by atoms with Crippen molar-refractivity contribution in [1.29, 1.82) is 0 Å². The third kappa shape index (κ3) is 5.03. The summed E-state index contributed by atoms with van der Waals surface area (Å²) >= 11 is 5.94. The van der Waals surface area contributed by atoms with E-state index in [9.17, 15) is 4.79 Å². The molecule has 0 bridgehead atoms. The molecule has 0 fully saturated rings. The first-order valence-corrected chi connectivity index (χ1v) is 9.73. The van der Waals surface area contributed by atoms with Gasteiger partial charge >= 0.3 is 0 Å². The van der Waals surface area contributed by atoms with Crippen LogP contribution in [-0.2, 0) is 11.3 Å². The molecule has 0 unspecified atom stereocenters. The maximum absolute atomic E-state index is 12.5. The summed E-state index contributed by atoms with van der Waals surface area (Å²) in [5.41, 5.74) is 2.27. The number of nitrogens with two attached hydrogens (primary N) is 1. The lowest BCUT2D eigenvalue weighted by atomic mass is 10.1. The average molecular weight is 398 g/mol. The van der Waals surface area contributed by atoms with E-state index >= 15 is 0 Å². The molecule has 0 aliphatic heterocycles. The van der Waals surface area contributed by atoms with E-state index in [0.717, 1.165) is 32.7 Å². The highest BCUT2D eigenvalue weighted by molar-refractivity contribution is 6.30. The first-order valence-electron chi connectivity index (χ1n) is 9.35. The van der Waals surface area contributed by atoms with Crippen LogP contribution < -0.4 is 10.1 Å². The van der Waals surface area contributed by atoms with Crippen molar-refractivity contribution in [2.24, 2.45) is 0 Å². The molecule has 3 aromatic carbocycles. The molecule has 28 heavy (non-hydrogen) atoms. The van der Waals surface area contributed by atoms with Gasteiger partial charge in [0.15, 0.2) is 6.54 Å². The molecule has 146 valence electrons. The number of fused-ring (bicyclic) bond motifs is 1. The summed E-state index contributed by atoms with van der Waals surface area (Å²) in [6, 6.07) is 20.2. The molecule has 1 atom stereocenters. The monoisotopic (exact) mass is 397 g/mol. The fraction of sp³-hybridized carbons (Fsp3) is 0.261. The molecule has 3 rings (SSSR count). The van der Waals surface area contributed by atoms with E-state index in [4.69, 9.17) is 16.3 Å². The molecule has 0 aliphatic rings. The van der Waals surface area contributed by atoms with Crippen molar-refractivity contribution in [2.45, 2.75) is 19.5 Å². The van der Waals surface area contributed by atoms with Crippen molar-refractivity contribution >= 4 is 28.3 Å². The molecule has 0 spiro atoms. The van der Waals surface area contributed by atoms with Crippen LogP contribution in [0.15, 0.2) is 60.7 Å². The number of carbonyl (C=O) groups is 1. The molecule has 3 aromatic rings. The van der Waals surface area contributed by atoms with Crippen LogP contribution in [0.4, 0.5) is 0 Å². The molecular formula is C23H26ClN2O2+. The number of ether oxygens (including phenoxy) is 1. The summed E-state index contributed by atoms with van der Waals surface area (Å²) in [6.45, 7) is 3.09. The maximum Gasteiger partial charge on any atom is 0.277 e. The zero-order valence-corrected chi connectivity index (χ0v) is 17.2. The molecule has 0 saturated heterocycles. The van der Waals surface area contributed by atoms with Crippen molar-refractivity contribution < 1.29 is 14.8 Å². The molecule has 0 radical (unpaired) electrons. The minimum absolute atomic E-state index is 0.107. The molecule has 0 aliphatic carbocycles. The Morgan fingerprint density at radius 1 is 1.07 bits per heavy atom. The zero-order chi connectivity index (χ0) is 20.1. The second kappa shape index (κ2) is 9.09. The van der Waals surface area contributed by atoms with Crippen LogP contribution in [0.3, 0.4) is 0 Å². The second-order valence-electron chi connectivity index (χ2n) is 7.08. The Kier molecular flexibility index (Phi) is 6.55. The number of likely N-dealkylation sites (N-methyl/N-ethyl adjacent to an activating group) is 1. The highest BCUT2D eigenvalue weighted by Gasteiger charge is 2.15. The van der Waals surface area contributed by atoms with Crippen LogP contribution in [0.1, 0.15) is 24.1 Å². The van der Waals surface area contributed by atoms with E-state index in [1.165, 1.54) is 0 Å². The Labute approximate surface area is 171 Å². The van der Waals surface area contributed by atoms with Gasteiger partial charge in [-0.25, -0.2) is 0 Å². The summed E-state index contributed by atoms with van der Waals surface area (Å²) in [6.07, 6.45) is 0. The van der Waals surface area contributed by atoms with E-state index in [-0.39, 0.29) is 11.9 Å². The number of carbonyl (C=O) groups excluding carboxylic acids is 1. The fourth-order valence-electron chi connectivity index (χ4n) is 3.20. The van der Waals surface area contributed by atoms with Crippen LogP contribution in [-0.4, -0.2) is 31.5 Å². The van der Waals surface area contributed by atoms with Crippen LogP contribution in [0.5, 0.6) is 5.75 Å². The Morgan fingerprint density at radius 2 is 1.75 bits per heavy atom. The molecule has 0 heterocycles. The van der Waals surface area contributed by atoms with Crippen molar-refractivity contribution in [3.05, 3.63) is 76.8 Å². The van der Waals surface area contributed by atoms with Gasteiger partial charge in [-0.1, -0.05) is 41.9 Å². The van der Waals surface area contributed by atoms with Crippen molar-refractivity contribution in [2.75, 3.05) is 20.7 Å². The standard InChI is InChI=1S/C23H25ClN2O2/c1-16(18-6-9-21(24)10-7-18)25-14-23(27)26(2)15-17-4-5-20-13-22(28-3)11-8-19(20)12-17/h4-13,16,25H,14-15H2,1-3H3/p+1/t16-/m1/s1. The van der Waals surface area contributed by atoms with Crippen LogP contribution in [0.2, 0.25) is 5.02 Å². The predicted octanol–water partition coefficient (Wildman–Crippen LogP) is 3.78. The van der Waals surface area contributed by atoms with Gasteiger partial charge in [0.1, 0.15) is 11.8 Å². The number of amides is 1. The molecule has 1 amide bonds. The number of nitrogens with zero attached hydrogens (tertiary/aromatic N) is 1. The number of methoxy groups -OCH3 is 1. The van der Waals surface area contributed by atoms with Crippen molar-refractivity contribution in [3.8, 4) is 5.75 Å². The maximum atomic E-state index is 12.5. The molecule has 0 saturated carbocycles. The zero-order valence-electron chi connectivity index (χ0n) is 16.5. The van der Waals surface area contributed by atoms with Gasteiger partial charge in [-0.3, -0.25) is 4.79 Å². The lowest BCUT2D eigenvalue weighted by Gasteiger charge is -2.18. The first kappa shape index (κ1) is 20.2. The summed E-state index contributed by atoms with van der Waals surface area (Å²) in [7, 11) is 3.52. The summed E-state index contributed by atoms with van der Waals surface area (Å²) in [5.74, 6) is 0.952.